The third-order valence-corrected chi connectivity index (χ3v) is 2.13. The molecule has 1 aliphatic heterocycles. The summed E-state index contributed by atoms with van der Waals surface area (Å²) in [5.41, 5.74) is 1.27. The normalized spacial score (nSPS) is 22.8. The average molecular weight is 191 g/mol. The van der Waals surface area contributed by atoms with Crippen LogP contribution in [0.3, 0.4) is 0 Å². The fraction of sp³-hybridized carbons (Fsp3) is 0.571. The molecule has 0 saturated carbocycles. The quantitative estimate of drug-likeness (QED) is 0.642. The molecule has 0 spiro atoms. The Hall–Kier alpha value is -1.04. The number of hydrogen-bond donors (Lipinski definition) is 2. The minimum absolute atomic E-state index is 0.0810. The molecule has 1 aliphatic rings. The molecule has 2 N–H and O–H groups in total. The van der Waals surface area contributed by atoms with Gasteiger partial charge in [0.2, 0.25) is 0 Å². The molecule has 0 aliphatic carbocycles. The number of H-pyrrole nitrogens is 1. The van der Waals surface area contributed by atoms with Crippen molar-refractivity contribution in [3.05, 3.63) is 17.7 Å². The monoisotopic (exact) mass is 191 g/mol. The van der Waals surface area contributed by atoms with E-state index < -0.39 is 12.2 Å². The number of halogens is 3. The molecule has 3 nitrogen and oxygen atoms in total. The number of imidazole rings is 1. The van der Waals surface area contributed by atoms with Crippen molar-refractivity contribution in [1.82, 2.24) is 15.3 Å². The smallest absolute Gasteiger partial charge is 0.347 e. The number of fused-ring (bicyclic) bond motifs is 1. The number of aromatic amines is 1. The van der Waals surface area contributed by atoms with Crippen LogP contribution in [0.1, 0.15) is 11.4 Å². The average Bonchev–Trinajstić information content (AvgIpc) is 2.47. The van der Waals surface area contributed by atoms with Gasteiger partial charge in [-0.2, -0.15) is 13.2 Å². The Balaban J connectivity index is 2.18. The van der Waals surface area contributed by atoms with Gasteiger partial charge in [-0.05, 0) is 0 Å². The van der Waals surface area contributed by atoms with Crippen molar-refractivity contribution in [2.75, 3.05) is 0 Å². The number of aromatic nitrogens is 2. The highest BCUT2D eigenvalue weighted by molar-refractivity contribution is 5.16. The van der Waals surface area contributed by atoms with Crippen LogP contribution in [-0.4, -0.2) is 22.2 Å². The van der Waals surface area contributed by atoms with Crippen molar-refractivity contribution in [2.24, 2.45) is 0 Å². The largest absolute Gasteiger partial charge is 0.404 e. The summed E-state index contributed by atoms with van der Waals surface area (Å²) in [6.07, 6.45) is -2.84. The highest BCUT2D eigenvalue weighted by Crippen LogP contribution is 2.26. The SMILES string of the molecule is FC(F)(F)C1Cc2nc[nH]c2CN1. The van der Waals surface area contributed by atoms with Crippen LogP contribution in [0.4, 0.5) is 13.2 Å². The molecule has 0 bridgehead atoms. The molecule has 0 fully saturated rings. The molecule has 1 aromatic heterocycles. The third-order valence-electron chi connectivity index (χ3n) is 2.13. The van der Waals surface area contributed by atoms with Crippen LogP contribution < -0.4 is 5.32 Å². The van der Waals surface area contributed by atoms with Crippen LogP contribution in [-0.2, 0) is 13.0 Å². The van der Waals surface area contributed by atoms with Gasteiger partial charge in [-0.3, -0.25) is 0 Å². The molecule has 0 amide bonds. The molecule has 2 heterocycles. The Morgan fingerprint density at radius 3 is 2.92 bits per heavy atom. The van der Waals surface area contributed by atoms with E-state index >= 15 is 0 Å². The van der Waals surface area contributed by atoms with E-state index in [4.69, 9.17) is 0 Å². The van der Waals surface area contributed by atoms with E-state index in [1.54, 1.807) is 0 Å². The van der Waals surface area contributed by atoms with Gasteiger partial charge in [-0.15, -0.1) is 0 Å². The maximum absolute atomic E-state index is 12.2. The van der Waals surface area contributed by atoms with E-state index in [2.05, 4.69) is 15.3 Å². The lowest BCUT2D eigenvalue weighted by atomic mass is 10.1. The minimum atomic E-state index is -4.18. The van der Waals surface area contributed by atoms with Crippen LogP contribution >= 0.6 is 0 Å². The molecule has 1 aromatic rings. The second kappa shape index (κ2) is 2.73. The first-order valence-electron chi connectivity index (χ1n) is 3.88. The summed E-state index contributed by atoms with van der Waals surface area (Å²) in [6, 6.07) is -1.46. The summed E-state index contributed by atoms with van der Waals surface area (Å²) in [5, 5.41) is 2.41. The molecule has 0 aromatic carbocycles. The number of hydrogen-bond acceptors (Lipinski definition) is 2. The van der Waals surface area contributed by atoms with Crippen molar-refractivity contribution < 1.29 is 13.2 Å². The van der Waals surface area contributed by atoms with E-state index in [-0.39, 0.29) is 13.0 Å². The van der Waals surface area contributed by atoms with Crippen LogP contribution in [0, 0.1) is 0 Å². The van der Waals surface area contributed by atoms with Gasteiger partial charge >= 0.3 is 6.18 Å². The maximum Gasteiger partial charge on any atom is 0.404 e. The maximum atomic E-state index is 12.2. The second-order valence-corrected chi connectivity index (χ2v) is 3.01. The van der Waals surface area contributed by atoms with Crippen molar-refractivity contribution in [3.63, 3.8) is 0 Å². The van der Waals surface area contributed by atoms with Gasteiger partial charge in [0.15, 0.2) is 0 Å². The van der Waals surface area contributed by atoms with E-state index in [1.807, 2.05) is 0 Å². The molecule has 13 heavy (non-hydrogen) atoms. The predicted molar refractivity (Wildman–Crippen MR) is 39.0 cm³/mol. The molecular weight excluding hydrogens is 183 g/mol. The highest BCUT2D eigenvalue weighted by Gasteiger charge is 2.41. The number of nitrogens with zero attached hydrogens (tertiary/aromatic N) is 1. The number of rotatable bonds is 0. The van der Waals surface area contributed by atoms with Gasteiger partial charge in [0.1, 0.15) is 6.04 Å². The summed E-state index contributed by atoms with van der Waals surface area (Å²) in [7, 11) is 0. The highest BCUT2D eigenvalue weighted by atomic mass is 19.4. The standard InChI is InChI=1S/C7H8F3N3/c8-7(9,10)6-1-4-5(2-11-6)13-3-12-4/h3,6,11H,1-2H2,(H,12,13). The fourth-order valence-electron chi connectivity index (χ4n) is 1.40. The Kier molecular flexibility index (Phi) is 1.80. The third kappa shape index (κ3) is 1.53. The van der Waals surface area contributed by atoms with E-state index in [0.29, 0.717) is 5.69 Å². The van der Waals surface area contributed by atoms with E-state index in [9.17, 15) is 13.2 Å². The Morgan fingerprint density at radius 1 is 1.46 bits per heavy atom. The van der Waals surface area contributed by atoms with Gasteiger partial charge in [0.25, 0.3) is 0 Å². The first-order chi connectivity index (χ1) is 6.07. The minimum Gasteiger partial charge on any atom is -0.347 e. The molecule has 72 valence electrons. The van der Waals surface area contributed by atoms with Crippen molar-refractivity contribution in [1.29, 1.82) is 0 Å². The summed E-state index contributed by atoms with van der Waals surface area (Å²) in [4.78, 5) is 6.61. The molecule has 6 heteroatoms. The number of alkyl halides is 3. The zero-order valence-electron chi connectivity index (χ0n) is 6.65. The summed E-state index contributed by atoms with van der Waals surface area (Å²) in [6.45, 7) is 0.208. The lowest BCUT2D eigenvalue weighted by Crippen LogP contribution is -2.46. The van der Waals surface area contributed by atoms with E-state index in [1.165, 1.54) is 6.33 Å². The van der Waals surface area contributed by atoms with Gasteiger partial charge in [-0.25, -0.2) is 4.98 Å². The second-order valence-electron chi connectivity index (χ2n) is 3.01. The lowest BCUT2D eigenvalue weighted by molar-refractivity contribution is -0.157. The fourth-order valence-corrected chi connectivity index (χ4v) is 1.40. The zero-order chi connectivity index (χ0) is 9.47. The van der Waals surface area contributed by atoms with Gasteiger partial charge in [0.05, 0.1) is 17.7 Å². The lowest BCUT2D eigenvalue weighted by Gasteiger charge is -2.24. The molecule has 0 radical (unpaired) electrons. The first-order valence-corrected chi connectivity index (χ1v) is 3.88. The Morgan fingerprint density at radius 2 is 2.23 bits per heavy atom. The van der Waals surface area contributed by atoms with Crippen LogP contribution in [0.15, 0.2) is 6.33 Å². The summed E-state index contributed by atoms with van der Waals surface area (Å²) in [5.74, 6) is 0. The summed E-state index contributed by atoms with van der Waals surface area (Å²) >= 11 is 0. The molecule has 0 saturated heterocycles. The first kappa shape index (κ1) is 8.55. The summed E-state index contributed by atoms with van der Waals surface area (Å²) < 4.78 is 36.7. The number of nitrogens with one attached hydrogen (secondary N) is 2. The molecule has 1 atom stereocenters. The topological polar surface area (TPSA) is 40.7 Å². The van der Waals surface area contributed by atoms with Crippen molar-refractivity contribution in [3.8, 4) is 0 Å². The van der Waals surface area contributed by atoms with Crippen molar-refractivity contribution >= 4 is 0 Å². The predicted octanol–water partition coefficient (Wildman–Crippen LogP) is 0.986. The van der Waals surface area contributed by atoms with Crippen LogP contribution in [0.2, 0.25) is 0 Å². The van der Waals surface area contributed by atoms with Gasteiger partial charge < -0.3 is 10.3 Å². The molecular formula is C7H8F3N3. The molecule has 2 rings (SSSR count). The Labute approximate surface area is 72.4 Å². The van der Waals surface area contributed by atoms with Crippen molar-refractivity contribution in [2.45, 2.75) is 25.2 Å². The van der Waals surface area contributed by atoms with Gasteiger partial charge in [-0.1, -0.05) is 0 Å². The van der Waals surface area contributed by atoms with Crippen LogP contribution in [0.5, 0.6) is 0 Å². The molecule has 1 unspecified atom stereocenters. The van der Waals surface area contributed by atoms with E-state index in [0.717, 1.165) is 5.69 Å². The Bertz CT molecular complexity index is 304. The van der Waals surface area contributed by atoms with Gasteiger partial charge in [0, 0.05) is 13.0 Å². The zero-order valence-corrected chi connectivity index (χ0v) is 6.65. The van der Waals surface area contributed by atoms with Crippen LogP contribution in [0.25, 0.3) is 0 Å².